The van der Waals surface area contributed by atoms with Gasteiger partial charge in [0.15, 0.2) is 12.4 Å². The highest BCUT2D eigenvalue weighted by molar-refractivity contribution is 5.85. The predicted octanol–water partition coefficient (Wildman–Crippen LogP) is 1.75. The molecule has 0 heterocycles. The van der Waals surface area contributed by atoms with Crippen molar-refractivity contribution in [3.05, 3.63) is 56.1 Å². The maximum absolute atomic E-state index is 11.9. The second-order valence-corrected chi connectivity index (χ2v) is 5.52. The Labute approximate surface area is 168 Å². The van der Waals surface area contributed by atoms with Gasteiger partial charge in [-0.05, 0) is 12.1 Å². The summed E-state index contributed by atoms with van der Waals surface area (Å²) in [5, 5.41) is 35.6. The third-order valence-electron chi connectivity index (χ3n) is 3.63. The number of hydrazone groups is 1. The smallest absolute Gasteiger partial charge is 0.321 e. The van der Waals surface area contributed by atoms with Crippen molar-refractivity contribution >= 4 is 23.5 Å². The van der Waals surface area contributed by atoms with Crippen molar-refractivity contribution in [2.45, 2.75) is 0 Å². The molecule has 0 aliphatic rings. The number of carbonyl (C=O) groups is 1. The number of aromatic hydroxyl groups is 1. The molecule has 2 aromatic carbocycles. The van der Waals surface area contributed by atoms with Crippen LogP contribution < -0.4 is 19.6 Å². The quantitative estimate of drug-likeness (QED) is 0.347. The van der Waals surface area contributed by atoms with Gasteiger partial charge < -0.3 is 19.3 Å². The third kappa shape index (κ3) is 5.31. The molecule has 2 aromatic rings. The number of non-ortho nitro benzene ring substituents is 1. The molecule has 2 N–H and O–H groups in total. The van der Waals surface area contributed by atoms with E-state index in [2.05, 4.69) is 10.5 Å². The van der Waals surface area contributed by atoms with Crippen LogP contribution in [0.25, 0.3) is 0 Å². The monoisotopic (exact) mass is 420 g/mol. The van der Waals surface area contributed by atoms with Crippen LogP contribution in [0, 0.1) is 20.2 Å². The molecule has 30 heavy (non-hydrogen) atoms. The fraction of sp³-hybridized carbons (Fsp3) is 0.176. The average molecular weight is 420 g/mol. The minimum Gasteiger partial charge on any atom is -0.507 e. The standard InChI is InChI=1S/C17H16N4O9/c1-28-12-4-3-10(14(22)7-12)8-18-19-16(23)9-30-17-13(21(26)27)5-11(20(24)25)6-15(17)29-2/h3-8,22H,9H2,1-2H3,(H,19,23)/b18-8+. The number of rotatable bonds is 9. The summed E-state index contributed by atoms with van der Waals surface area (Å²) in [6, 6.07) is 6.06. The lowest BCUT2D eigenvalue weighted by Gasteiger charge is -2.10. The zero-order valence-electron chi connectivity index (χ0n) is 15.7. The molecule has 0 bridgehead atoms. The summed E-state index contributed by atoms with van der Waals surface area (Å²) in [7, 11) is 2.58. The zero-order valence-corrected chi connectivity index (χ0v) is 15.7. The summed E-state index contributed by atoms with van der Waals surface area (Å²) in [4.78, 5) is 32.3. The van der Waals surface area contributed by atoms with Gasteiger partial charge in [0, 0.05) is 11.6 Å². The number of nitrogens with zero attached hydrogens (tertiary/aromatic N) is 3. The topological polar surface area (TPSA) is 176 Å². The first-order chi connectivity index (χ1) is 14.3. The normalized spacial score (nSPS) is 10.5. The Morgan fingerprint density at radius 3 is 2.47 bits per heavy atom. The van der Waals surface area contributed by atoms with Crippen LogP contribution in [0.3, 0.4) is 0 Å². The Hall–Kier alpha value is -4.42. The molecule has 13 heteroatoms. The van der Waals surface area contributed by atoms with E-state index in [9.17, 15) is 30.1 Å². The molecule has 13 nitrogen and oxygen atoms in total. The first kappa shape index (κ1) is 21.9. The second-order valence-electron chi connectivity index (χ2n) is 5.52. The molecular formula is C17H16N4O9. The zero-order chi connectivity index (χ0) is 22.3. The van der Waals surface area contributed by atoms with Crippen LogP contribution in [0.4, 0.5) is 11.4 Å². The van der Waals surface area contributed by atoms with Gasteiger partial charge in [-0.3, -0.25) is 25.0 Å². The van der Waals surface area contributed by atoms with Crippen molar-refractivity contribution in [3.8, 4) is 23.0 Å². The number of phenolic OH excluding ortho intramolecular Hbond substituents is 1. The maximum Gasteiger partial charge on any atom is 0.321 e. The number of hydrogen-bond donors (Lipinski definition) is 2. The Kier molecular flexibility index (Phi) is 7.06. The van der Waals surface area contributed by atoms with E-state index in [1.165, 1.54) is 25.5 Å². The van der Waals surface area contributed by atoms with Crippen LogP contribution >= 0.6 is 0 Å². The van der Waals surface area contributed by atoms with E-state index in [1.54, 1.807) is 6.07 Å². The minimum atomic E-state index is -0.895. The Bertz CT molecular complexity index is 1010. The predicted molar refractivity (Wildman–Crippen MR) is 102 cm³/mol. The number of hydrogen-bond acceptors (Lipinski definition) is 10. The Morgan fingerprint density at radius 2 is 1.90 bits per heavy atom. The molecular weight excluding hydrogens is 404 g/mol. The van der Waals surface area contributed by atoms with Gasteiger partial charge >= 0.3 is 5.69 Å². The number of phenols is 1. The largest absolute Gasteiger partial charge is 0.507 e. The summed E-state index contributed by atoms with van der Waals surface area (Å²) in [5.41, 5.74) is 1.11. The molecule has 0 aromatic heterocycles. The maximum atomic E-state index is 11.9. The van der Waals surface area contributed by atoms with Crippen molar-refractivity contribution < 1.29 is 34.0 Å². The molecule has 0 atom stereocenters. The fourth-order valence-electron chi connectivity index (χ4n) is 2.21. The Balaban J connectivity index is 2.08. The van der Waals surface area contributed by atoms with Crippen molar-refractivity contribution in [1.29, 1.82) is 0 Å². The number of benzene rings is 2. The fourth-order valence-corrected chi connectivity index (χ4v) is 2.21. The van der Waals surface area contributed by atoms with E-state index in [1.807, 2.05) is 0 Å². The average Bonchev–Trinajstić information content (AvgIpc) is 2.72. The van der Waals surface area contributed by atoms with Gasteiger partial charge in [0.05, 0.1) is 42.4 Å². The summed E-state index contributed by atoms with van der Waals surface area (Å²) in [6.07, 6.45) is 1.17. The van der Waals surface area contributed by atoms with E-state index in [4.69, 9.17) is 14.2 Å². The molecule has 0 radical (unpaired) electrons. The van der Waals surface area contributed by atoms with E-state index in [-0.39, 0.29) is 11.5 Å². The van der Waals surface area contributed by atoms with Gasteiger partial charge in [-0.15, -0.1) is 0 Å². The van der Waals surface area contributed by atoms with Crippen LogP contribution in [0.15, 0.2) is 35.4 Å². The second kappa shape index (κ2) is 9.68. The van der Waals surface area contributed by atoms with Gasteiger partial charge in [0.2, 0.25) is 5.75 Å². The number of methoxy groups -OCH3 is 2. The van der Waals surface area contributed by atoms with Crippen molar-refractivity contribution in [2.24, 2.45) is 5.10 Å². The van der Waals surface area contributed by atoms with Gasteiger partial charge in [-0.2, -0.15) is 5.10 Å². The third-order valence-corrected chi connectivity index (χ3v) is 3.63. The highest BCUT2D eigenvalue weighted by atomic mass is 16.6. The van der Waals surface area contributed by atoms with Crippen LogP contribution in [0.1, 0.15) is 5.56 Å². The highest BCUT2D eigenvalue weighted by Gasteiger charge is 2.27. The number of nitro benzene ring substituents is 2. The first-order valence-electron chi connectivity index (χ1n) is 8.09. The number of carbonyl (C=O) groups excluding carboxylic acids is 1. The van der Waals surface area contributed by atoms with E-state index in [0.717, 1.165) is 13.2 Å². The number of amides is 1. The first-order valence-corrected chi connectivity index (χ1v) is 8.09. The molecule has 0 spiro atoms. The summed E-state index contributed by atoms with van der Waals surface area (Å²) in [6.45, 7) is -0.694. The van der Waals surface area contributed by atoms with Gasteiger partial charge in [0.25, 0.3) is 11.6 Å². The summed E-state index contributed by atoms with van der Waals surface area (Å²) >= 11 is 0. The van der Waals surface area contributed by atoms with Crippen molar-refractivity contribution in [2.75, 3.05) is 20.8 Å². The number of ether oxygens (including phenoxy) is 3. The highest BCUT2D eigenvalue weighted by Crippen LogP contribution is 2.40. The lowest BCUT2D eigenvalue weighted by atomic mass is 10.2. The lowest BCUT2D eigenvalue weighted by molar-refractivity contribution is -0.394. The van der Waals surface area contributed by atoms with E-state index in [0.29, 0.717) is 17.4 Å². The van der Waals surface area contributed by atoms with Crippen LogP contribution in [-0.4, -0.2) is 47.9 Å². The van der Waals surface area contributed by atoms with E-state index >= 15 is 0 Å². The lowest BCUT2D eigenvalue weighted by Crippen LogP contribution is -2.25. The van der Waals surface area contributed by atoms with Gasteiger partial charge in [-0.1, -0.05) is 0 Å². The molecule has 0 unspecified atom stereocenters. The van der Waals surface area contributed by atoms with Gasteiger partial charge in [-0.25, -0.2) is 5.43 Å². The van der Waals surface area contributed by atoms with Crippen LogP contribution in [0.5, 0.6) is 23.0 Å². The molecule has 0 aliphatic heterocycles. The molecule has 1 amide bonds. The molecule has 0 aliphatic carbocycles. The molecule has 0 saturated carbocycles. The molecule has 158 valence electrons. The summed E-state index contributed by atoms with van der Waals surface area (Å²) < 4.78 is 15.0. The van der Waals surface area contributed by atoms with Crippen LogP contribution in [0.2, 0.25) is 0 Å². The SMILES string of the molecule is COc1ccc(/C=N/NC(=O)COc2c(OC)cc([N+](=O)[O-])cc2[N+](=O)[O-])c(O)c1. The minimum absolute atomic E-state index is 0.130. The molecule has 0 fully saturated rings. The number of nitro groups is 2. The molecule has 2 rings (SSSR count). The number of nitrogens with one attached hydrogen (secondary N) is 1. The van der Waals surface area contributed by atoms with Gasteiger partial charge in [0.1, 0.15) is 11.5 Å². The van der Waals surface area contributed by atoms with E-state index < -0.39 is 39.5 Å². The van der Waals surface area contributed by atoms with Crippen molar-refractivity contribution in [3.63, 3.8) is 0 Å². The Morgan fingerprint density at radius 1 is 1.17 bits per heavy atom. The van der Waals surface area contributed by atoms with Crippen LogP contribution in [-0.2, 0) is 4.79 Å². The van der Waals surface area contributed by atoms with Crippen molar-refractivity contribution in [1.82, 2.24) is 5.43 Å². The molecule has 0 saturated heterocycles. The summed E-state index contributed by atoms with van der Waals surface area (Å²) in [5.74, 6) is -1.21.